The predicted molar refractivity (Wildman–Crippen MR) is 102 cm³/mol. The second-order valence-corrected chi connectivity index (χ2v) is 9.51. The summed E-state index contributed by atoms with van der Waals surface area (Å²) in [7, 11) is -3.44. The summed E-state index contributed by atoms with van der Waals surface area (Å²) in [6.07, 6.45) is 3.53. The van der Waals surface area contributed by atoms with Gasteiger partial charge in [-0.1, -0.05) is 18.6 Å². The quantitative estimate of drug-likeness (QED) is 0.700. The third kappa shape index (κ3) is 5.77. The molecule has 1 heterocycles. The zero-order valence-corrected chi connectivity index (χ0v) is 16.7. The lowest BCUT2D eigenvalue weighted by Crippen LogP contribution is -2.38. The van der Waals surface area contributed by atoms with Crippen molar-refractivity contribution in [2.24, 2.45) is 5.41 Å². The molecule has 1 aliphatic heterocycles. The van der Waals surface area contributed by atoms with Gasteiger partial charge in [0.1, 0.15) is 0 Å². The highest BCUT2D eigenvalue weighted by molar-refractivity contribution is 7.89. The van der Waals surface area contributed by atoms with Crippen LogP contribution in [0.2, 0.25) is 0 Å². The fraction of sp³-hybridized carbons (Fsp3) is 0.579. The standard InChI is InChI=1S/C19H28N2O5S/c1-19(2,18(23)24)14-20-17(22)11-8-15-6-9-16(10-7-15)27(25,26)21-12-4-3-5-13-21/h6-7,9-10H,3-5,8,11-14H2,1-2H3,(H,20,22)(H,23,24). The number of nitrogens with zero attached hydrogens (tertiary/aromatic N) is 1. The number of carbonyl (C=O) groups is 2. The number of carboxylic acids is 1. The predicted octanol–water partition coefficient (Wildman–Crippen LogP) is 2.02. The fourth-order valence-corrected chi connectivity index (χ4v) is 4.34. The van der Waals surface area contributed by atoms with E-state index >= 15 is 0 Å². The van der Waals surface area contributed by atoms with E-state index in [0.29, 0.717) is 19.5 Å². The molecule has 0 unspecified atom stereocenters. The maximum Gasteiger partial charge on any atom is 0.310 e. The molecule has 1 aromatic carbocycles. The fourth-order valence-electron chi connectivity index (χ4n) is 2.82. The Hall–Kier alpha value is -1.93. The largest absolute Gasteiger partial charge is 0.481 e. The number of piperidine rings is 1. The molecule has 2 N–H and O–H groups in total. The molecule has 0 spiro atoms. The number of hydrogen-bond acceptors (Lipinski definition) is 4. The second kappa shape index (κ2) is 8.84. The van der Waals surface area contributed by atoms with Crippen LogP contribution in [-0.4, -0.2) is 49.3 Å². The van der Waals surface area contributed by atoms with Crippen molar-refractivity contribution >= 4 is 21.9 Å². The molecule has 0 saturated carbocycles. The smallest absolute Gasteiger partial charge is 0.310 e. The van der Waals surface area contributed by atoms with Gasteiger partial charge in [0.05, 0.1) is 10.3 Å². The number of rotatable bonds is 8. The Morgan fingerprint density at radius 3 is 2.26 bits per heavy atom. The normalized spacial score (nSPS) is 16.1. The molecule has 7 nitrogen and oxygen atoms in total. The van der Waals surface area contributed by atoms with Gasteiger partial charge in [-0.05, 0) is 50.8 Å². The highest BCUT2D eigenvalue weighted by Gasteiger charge is 2.27. The molecule has 0 radical (unpaired) electrons. The first-order valence-corrected chi connectivity index (χ1v) is 10.7. The Kier molecular flexibility index (Phi) is 7.00. The Labute approximate surface area is 160 Å². The van der Waals surface area contributed by atoms with Crippen molar-refractivity contribution in [2.75, 3.05) is 19.6 Å². The molecule has 0 aromatic heterocycles. The Morgan fingerprint density at radius 1 is 1.11 bits per heavy atom. The lowest BCUT2D eigenvalue weighted by Gasteiger charge is -2.25. The van der Waals surface area contributed by atoms with Crippen LogP contribution in [0.15, 0.2) is 29.2 Å². The van der Waals surface area contributed by atoms with Gasteiger partial charge in [0.15, 0.2) is 0 Å². The number of aliphatic carboxylic acids is 1. The first-order valence-electron chi connectivity index (χ1n) is 9.22. The molecule has 2 rings (SSSR count). The molecule has 0 aliphatic carbocycles. The summed E-state index contributed by atoms with van der Waals surface area (Å²) in [6, 6.07) is 6.63. The van der Waals surface area contributed by atoms with Gasteiger partial charge in [-0.15, -0.1) is 0 Å². The van der Waals surface area contributed by atoms with E-state index in [0.717, 1.165) is 24.8 Å². The van der Waals surface area contributed by atoms with E-state index < -0.39 is 21.4 Å². The summed E-state index contributed by atoms with van der Waals surface area (Å²) in [5.41, 5.74) is -0.152. The van der Waals surface area contributed by atoms with E-state index in [2.05, 4.69) is 5.32 Å². The Balaban J connectivity index is 1.88. The van der Waals surface area contributed by atoms with Gasteiger partial charge < -0.3 is 10.4 Å². The lowest BCUT2D eigenvalue weighted by molar-refractivity contribution is -0.146. The number of amides is 1. The van der Waals surface area contributed by atoms with Crippen LogP contribution in [0.25, 0.3) is 0 Å². The van der Waals surface area contributed by atoms with Crippen LogP contribution in [0.4, 0.5) is 0 Å². The summed E-state index contributed by atoms with van der Waals surface area (Å²) in [6.45, 7) is 4.30. The third-order valence-corrected chi connectivity index (χ3v) is 6.74. The van der Waals surface area contributed by atoms with Crippen LogP contribution in [-0.2, 0) is 26.0 Å². The summed E-state index contributed by atoms with van der Waals surface area (Å²) in [4.78, 5) is 23.2. The molecule has 27 heavy (non-hydrogen) atoms. The number of hydrogen-bond donors (Lipinski definition) is 2. The number of aryl methyl sites for hydroxylation is 1. The molecule has 1 aliphatic rings. The van der Waals surface area contributed by atoms with Crippen LogP contribution in [0, 0.1) is 5.41 Å². The number of sulfonamides is 1. The first-order chi connectivity index (χ1) is 12.6. The average Bonchev–Trinajstić information content (AvgIpc) is 2.65. The number of nitrogens with one attached hydrogen (secondary N) is 1. The molecule has 0 bridgehead atoms. The van der Waals surface area contributed by atoms with Crippen molar-refractivity contribution in [1.29, 1.82) is 0 Å². The molecule has 1 saturated heterocycles. The van der Waals surface area contributed by atoms with E-state index in [-0.39, 0.29) is 23.8 Å². The first kappa shape index (κ1) is 21.4. The Bertz CT molecular complexity index is 766. The van der Waals surface area contributed by atoms with Crippen molar-refractivity contribution < 1.29 is 23.1 Å². The van der Waals surface area contributed by atoms with Crippen LogP contribution in [0.5, 0.6) is 0 Å². The van der Waals surface area contributed by atoms with Crippen LogP contribution in [0.3, 0.4) is 0 Å². The number of carbonyl (C=O) groups excluding carboxylic acids is 1. The second-order valence-electron chi connectivity index (χ2n) is 7.57. The number of benzene rings is 1. The van der Waals surface area contributed by atoms with Gasteiger partial charge in [-0.25, -0.2) is 8.42 Å². The van der Waals surface area contributed by atoms with E-state index in [1.165, 1.54) is 4.31 Å². The molecular formula is C19H28N2O5S. The topological polar surface area (TPSA) is 104 Å². The Morgan fingerprint density at radius 2 is 1.70 bits per heavy atom. The molecule has 1 fully saturated rings. The SMILES string of the molecule is CC(C)(CNC(=O)CCc1ccc(S(=O)(=O)N2CCCCC2)cc1)C(=O)O. The molecule has 8 heteroatoms. The molecule has 0 atom stereocenters. The third-order valence-electron chi connectivity index (χ3n) is 4.82. The summed E-state index contributed by atoms with van der Waals surface area (Å²) < 4.78 is 26.8. The van der Waals surface area contributed by atoms with Crippen molar-refractivity contribution in [3.63, 3.8) is 0 Å². The molecule has 1 amide bonds. The maximum absolute atomic E-state index is 12.6. The van der Waals surface area contributed by atoms with E-state index in [9.17, 15) is 18.0 Å². The van der Waals surface area contributed by atoms with E-state index in [1.54, 1.807) is 38.1 Å². The highest BCUT2D eigenvalue weighted by Crippen LogP contribution is 2.21. The highest BCUT2D eigenvalue weighted by atomic mass is 32.2. The van der Waals surface area contributed by atoms with Crippen LogP contribution in [0.1, 0.15) is 45.1 Å². The zero-order chi connectivity index (χ0) is 20.1. The van der Waals surface area contributed by atoms with Gasteiger partial charge in [0.25, 0.3) is 0 Å². The van der Waals surface area contributed by atoms with Gasteiger partial charge in [0.2, 0.25) is 15.9 Å². The van der Waals surface area contributed by atoms with Gasteiger partial charge in [-0.2, -0.15) is 4.31 Å². The summed E-state index contributed by atoms with van der Waals surface area (Å²) in [5.74, 6) is -1.19. The lowest BCUT2D eigenvalue weighted by atomic mass is 9.94. The molecule has 150 valence electrons. The molecule has 1 aromatic rings. The van der Waals surface area contributed by atoms with Gasteiger partial charge >= 0.3 is 5.97 Å². The van der Waals surface area contributed by atoms with Crippen molar-refractivity contribution in [3.8, 4) is 0 Å². The summed E-state index contributed by atoms with van der Waals surface area (Å²) in [5, 5.41) is 11.7. The average molecular weight is 397 g/mol. The van der Waals surface area contributed by atoms with E-state index in [1.807, 2.05) is 0 Å². The van der Waals surface area contributed by atoms with Crippen molar-refractivity contribution in [3.05, 3.63) is 29.8 Å². The minimum absolute atomic E-state index is 0.0637. The van der Waals surface area contributed by atoms with Crippen LogP contribution >= 0.6 is 0 Å². The van der Waals surface area contributed by atoms with Gasteiger partial charge in [0, 0.05) is 26.1 Å². The maximum atomic E-state index is 12.6. The van der Waals surface area contributed by atoms with Crippen molar-refractivity contribution in [2.45, 2.75) is 50.8 Å². The zero-order valence-electron chi connectivity index (χ0n) is 15.9. The van der Waals surface area contributed by atoms with Crippen molar-refractivity contribution in [1.82, 2.24) is 9.62 Å². The van der Waals surface area contributed by atoms with Crippen LogP contribution < -0.4 is 5.32 Å². The monoisotopic (exact) mass is 396 g/mol. The minimum Gasteiger partial charge on any atom is -0.481 e. The summed E-state index contributed by atoms with van der Waals surface area (Å²) >= 11 is 0. The number of carboxylic acid groups (broad SMARTS) is 1. The minimum atomic E-state index is -3.44. The van der Waals surface area contributed by atoms with E-state index in [4.69, 9.17) is 5.11 Å². The molecular weight excluding hydrogens is 368 g/mol. The van der Waals surface area contributed by atoms with Gasteiger partial charge in [-0.3, -0.25) is 9.59 Å².